The Bertz CT molecular complexity index is 1140. The number of aromatic nitrogens is 12. The molecule has 1 radical (unpaired) electrons. The summed E-state index contributed by atoms with van der Waals surface area (Å²) in [7, 11) is -5.17. The van der Waals surface area contributed by atoms with Crippen LogP contribution in [-0.4, -0.2) is 77.3 Å². The van der Waals surface area contributed by atoms with Gasteiger partial charge in [-0.1, -0.05) is 0 Å². The number of rotatable bonds is 3. The normalized spacial score (nSPS) is 9.94. The van der Waals surface area contributed by atoms with Crippen LogP contribution in [0.1, 0.15) is 0 Å². The van der Waals surface area contributed by atoms with Crippen LogP contribution in [0.3, 0.4) is 0 Å². The van der Waals surface area contributed by atoms with Gasteiger partial charge in [-0.05, 0) is 0 Å². The molecular formula is C18H18CoN12O4S. The van der Waals surface area contributed by atoms with Crippen LogP contribution in [0.4, 0.5) is 0 Å². The zero-order valence-electron chi connectivity index (χ0n) is 18.0. The molecule has 16 nitrogen and oxygen atoms in total. The van der Waals surface area contributed by atoms with Gasteiger partial charge in [0.1, 0.15) is 0 Å². The van der Waals surface area contributed by atoms with Crippen LogP contribution in [0.25, 0.3) is 34.9 Å². The summed E-state index contributed by atoms with van der Waals surface area (Å²) >= 11 is 0. The van der Waals surface area contributed by atoms with Gasteiger partial charge in [0, 0.05) is 84.8 Å². The second kappa shape index (κ2) is 14.1. The first-order valence-corrected chi connectivity index (χ1v) is 10.9. The van der Waals surface area contributed by atoms with Crippen LogP contribution in [0.15, 0.2) is 74.4 Å². The van der Waals surface area contributed by atoms with Crippen molar-refractivity contribution in [3.63, 3.8) is 0 Å². The fraction of sp³-hybridized carbons (Fsp3) is 0. The Kier molecular flexibility index (Phi) is 10.9. The number of nitrogens with one attached hydrogen (secondary N) is 6. The Hall–Kier alpha value is -4.36. The van der Waals surface area contributed by atoms with Crippen molar-refractivity contribution in [2.24, 2.45) is 0 Å². The number of hydrogen-bond donors (Lipinski definition) is 6. The summed E-state index contributed by atoms with van der Waals surface area (Å²) in [5.74, 6) is 4.61. The number of imidazole rings is 6. The van der Waals surface area contributed by atoms with E-state index in [0.717, 1.165) is 34.9 Å². The summed E-state index contributed by atoms with van der Waals surface area (Å²) in [5, 5.41) is 0. The first-order valence-electron chi connectivity index (χ1n) is 9.54. The van der Waals surface area contributed by atoms with Gasteiger partial charge in [-0.15, -0.1) is 0 Å². The van der Waals surface area contributed by atoms with E-state index in [1.165, 1.54) is 0 Å². The number of hydrogen-bond acceptors (Lipinski definition) is 10. The molecule has 0 bridgehead atoms. The van der Waals surface area contributed by atoms with E-state index in [0.29, 0.717) is 0 Å². The van der Waals surface area contributed by atoms with E-state index in [-0.39, 0.29) is 16.8 Å². The third-order valence-corrected chi connectivity index (χ3v) is 3.66. The van der Waals surface area contributed by atoms with Crippen LogP contribution in [-0.2, 0) is 27.2 Å². The third kappa shape index (κ3) is 9.86. The molecular weight excluding hydrogens is 539 g/mol. The van der Waals surface area contributed by atoms with E-state index < -0.39 is 10.4 Å². The summed E-state index contributed by atoms with van der Waals surface area (Å²) in [6, 6.07) is 0. The average molecular weight is 557 g/mol. The van der Waals surface area contributed by atoms with Gasteiger partial charge in [0.25, 0.3) is 0 Å². The van der Waals surface area contributed by atoms with E-state index in [1.54, 1.807) is 74.4 Å². The minimum Gasteiger partial charge on any atom is -0.759 e. The topological polar surface area (TPSA) is 252 Å². The van der Waals surface area contributed by atoms with Gasteiger partial charge >= 0.3 is 16.8 Å². The molecule has 0 amide bonds. The predicted molar refractivity (Wildman–Crippen MR) is 119 cm³/mol. The molecule has 0 saturated carbocycles. The molecule has 6 aromatic rings. The number of H-pyrrole nitrogens is 6. The zero-order valence-corrected chi connectivity index (χ0v) is 19.8. The van der Waals surface area contributed by atoms with E-state index in [4.69, 9.17) is 17.5 Å². The predicted octanol–water partition coefficient (Wildman–Crippen LogP) is 1.06. The molecule has 6 heterocycles. The Labute approximate surface area is 213 Å². The van der Waals surface area contributed by atoms with Crippen molar-refractivity contribution in [3.8, 4) is 34.9 Å². The van der Waals surface area contributed by atoms with E-state index >= 15 is 0 Å². The van der Waals surface area contributed by atoms with E-state index in [1.807, 2.05) is 0 Å². The van der Waals surface area contributed by atoms with Crippen LogP contribution in [0.2, 0.25) is 0 Å². The molecule has 18 heteroatoms. The summed E-state index contributed by atoms with van der Waals surface area (Å²) in [6.07, 6.45) is 20.7. The van der Waals surface area contributed by atoms with Gasteiger partial charge in [0.05, 0.1) is 0 Å². The Balaban J connectivity index is 0.000000172. The van der Waals surface area contributed by atoms with Crippen molar-refractivity contribution >= 4 is 10.4 Å². The smallest absolute Gasteiger partial charge is 0.759 e. The van der Waals surface area contributed by atoms with Gasteiger partial charge in [-0.3, -0.25) is 8.42 Å². The zero-order chi connectivity index (χ0) is 24.9. The van der Waals surface area contributed by atoms with Crippen LogP contribution < -0.4 is 0 Å². The van der Waals surface area contributed by atoms with Crippen LogP contribution in [0, 0.1) is 0 Å². The maximum Gasteiger partial charge on any atom is 2.00 e. The van der Waals surface area contributed by atoms with Gasteiger partial charge in [0.15, 0.2) is 34.9 Å². The SMILES string of the molecule is O=S(=O)([O-])[O-].[Co+2].c1c[nH]c(-c2ncc[nH]2)n1.c1c[nH]c(-c2ncc[nH]2)n1.c1c[nH]c(-c2ncc[nH]2)n1. The maximum atomic E-state index is 8.52. The molecule has 0 saturated heterocycles. The third-order valence-electron chi connectivity index (χ3n) is 3.66. The molecule has 0 aliphatic carbocycles. The second-order valence-corrected chi connectivity index (χ2v) is 6.85. The van der Waals surface area contributed by atoms with Gasteiger partial charge in [0.2, 0.25) is 0 Å². The number of nitrogens with zero attached hydrogens (tertiary/aromatic N) is 6. The standard InChI is InChI=1S/3C6H6N4.Co.H2O4S/c3*1-2-8-5(7-1)6-9-3-4-10-6;;1-5(2,3)4/h3*1-4H,(H,7,8)(H,9,10);;(H2,1,2,3,4)/q;;;+2;/p-2. The molecule has 0 fully saturated rings. The molecule has 0 atom stereocenters. The largest absolute Gasteiger partial charge is 2.00 e. The average Bonchev–Trinajstić information content (AvgIpc) is 3.70. The van der Waals surface area contributed by atoms with Gasteiger partial charge in [-0.2, -0.15) is 0 Å². The molecule has 6 N–H and O–H groups in total. The molecule has 0 spiro atoms. The van der Waals surface area contributed by atoms with Gasteiger partial charge in [-0.25, -0.2) is 29.9 Å². The minimum absolute atomic E-state index is 0. The van der Waals surface area contributed by atoms with Gasteiger partial charge < -0.3 is 39.0 Å². The monoisotopic (exact) mass is 557 g/mol. The molecule has 0 aromatic carbocycles. The van der Waals surface area contributed by atoms with Crippen molar-refractivity contribution in [2.45, 2.75) is 0 Å². The fourth-order valence-electron chi connectivity index (χ4n) is 2.37. The maximum absolute atomic E-state index is 8.52. The Morgan fingerprint density at radius 1 is 0.444 bits per heavy atom. The quantitative estimate of drug-likeness (QED) is 0.133. The fourth-order valence-corrected chi connectivity index (χ4v) is 2.37. The summed E-state index contributed by atoms with van der Waals surface area (Å²) in [4.78, 5) is 41.7. The molecule has 0 unspecified atom stereocenters. The summed E-state index contributed by atoms with van der Waals surface area (Å²) in [5.41, 5.74) is 0. The Morgan fingerprint density at radius 2 is 0.583 bits per heavy atom. The molecule has 189 valence electrons. The molecule has 6 aromatic heterocycles. The van der Waals surface area contributed by atoms with E-state index in [2.05, 4.69) is 59.8 Å². The van der Waals surface area contributed by atoms with Crippen molar-refractivity contribution < 1.29 is 34.3 Å². The number of aromatic amines is 6. The molecule has 6 rings (SSSR count). The van der Waals surface area contributed by atoms with E-state index in [9.17, 15) is 0 Å². The van der Waals surface area contributed by atoms with Crippen molar-refractivity contribution in [1.82, 2.24) is 59.8 Å². The molecule has 36 heavy (non-hydrogen) atoms. The van der Waals surface area contributed by atoms with Crippen molar-refractivity contribution in [2.75, 3.05) is 0 Å². The molecule has 0 aliphatic rings. The Morgan fingerprint density at radius 3 is 0.667 bits per heavy atom. The van der Waals surface area contributed by atoms with Crippen molar-refractivity contribution in [1.29, 1.82) is 0 Å². The molecule has 0 aliphatic heterocycles. The summed E-state index contributed by atoms with van der Waals surface area (Å²) < 4.78 is 34.1. The van der Waals surface area contributed by atoms with Crippen LogP contribution in [0.5, 0.6) is 0 Å². The first-order chi connectivity index (χ1) is 16.9. The second-order valence-electron chi connectivity index (χ2n) is 6.03. The first kappa shape index (κ1) is 27.9. The minimum atomic E-state index is -5.17. The van der Waals surface area contributed by atoms with Crippen LogP contribution >= 0.6 is 0 Å². The summed E-state index contributed by atoms with van der Waals surface area (Å²) in [6.45, 7) is 0. The van der Waals surface area contributed by atoms with Crippen molar-refractivity contribution in [3.05, 3.63) is 74.4 Å².